The van der Waals surface area contributed by atoms with Crippen LogP contribution in [0.5, 0.6) is 0 Å². The van der Waals surface area contributed by atoms with Crippen molar-refractivity contribution >= 4 is 35.1 Å². The number of hydrogen-bond donors (Lipinski definition) is 3. The number of carbonyl (C=O) groups is 2. The normalized spacial score (nSPS) is 18.4. The SMILES string of the molecule is O=C(O)N1Cc2c(Cl)ccc(Nc3ccc(C4CCOC4)c(CO)n3)c2C1=O. The maximum absolute atomic E-state index is 12.5. The Bertz CT molecular complexity index is 959. The van der Waals surface area contributed by atoms with Gasteiger partial charge in [-0.15, -0.1) is 0 Å². The Morgan fingerprint density at radius 3 is 2.86 bits per heavy atom. The molecule has 0 saturated carbocycles. The zero-order chi connectivity index (χ0) is 19.8. The molecule has 1 aromatic heterocycles. The number of anilines is 2. The van der Waals surface area contributed by atoms with Crippen molar-refractivity contribution in [1.29, 1.82) is 0 Å². The lowest BCUT2D eigenvalue weighted by Crippen LogP contribution is -2.29. The highest BCUT2D eigenvalue weighted by molar-refractivity contribution is 6.32. The van der Waals surface area contributed by atoms with Gasteiger partial charge in [0.2, 0.25) is 0 Å². The number of aromatic nitrogens is 1. The van der Waals surface area contributed by atoms with Crippen LogP contribution in [0.15, 0.2) is 24.3 Å². The van der Waals surface area contributed by atoms with Gasteiger partial charge < -0.3 is 20.3 Å². The summed E-state index contributed by atoms with van der Waals surface area (Å²) in [6.45, 7) is 0.986. The van der Waals surface area contributed by atoms with Gasteiger partial charge in [-0.05, 0) is 30.2 Å². The van der Waals surface area contributed by atoms with E-state index in [9.17, 15) is 19.8 Å². The highest BCUT2D eigenvalue weighted by atomic mass is 35.5. The van der Waals surface area contributed by atoms with E-state index in [1.807, 2.05) is 6.07 Å². The number of nitrogens with zero attached hydrogens (tertiary/aromatic N) is 2. The van der Waals surface area contributed by atoms with Gasteiger partial charge in [-0.1, -0.05) is 17.7 Å². The molecule has 2 amide bonds. The number of nitrogens with one attached hydrogen (secondary N) is 1. The van der Waals surface area contributed by atoms with Crippen LogP contribution in [0.1, 0.15) is 39.5 Å². The van der Waals surface area contributed by atoms with Gasteiger partial charge in [0.15, 0.2) is 0 Å². The van der Waals surface area contributed by atoms with E-state index in [0.29, 0.717) is 41.0 Å². The van der Waals surface area contributed by atoms with E-state index in [0.717, 1.165) is 16.9 Å². The number of amides is 2. The Labute approximate surface area is 165 Å². The lowest BCUT2D eigenvalue weighted by atomic mass is 9.97. The molecular formula is C19H18ClN3O5. The maximum atomic E-state index is 12.5. The second-order valence-corrected chi connectivity index (χ2v) is 7.11. The third kappa shape index (κ3) is 3.19. The molecule has 3 heterocycles. The molecule has 2 aromatic rings. The molecular weight excluding hydrogens is 386 g/mol. The summed E-state index contributed by atoms with van der Waals surface area (Å²) in [4.78, 5) is 29.0. The summed E-state index contributed by atoms with van der Waals surface area (Å²) in [6.07, 6.45) is -0.446. The summed E-state index contributed by atoms with van der Waals surface area (Å²) in [5.74, 6) is 0.0154. The summed E-state index contributed by atoms with van der Waals surface area (Å²) < 4.78 is 5.41. The van der Waals surface area contributed by atoms with Crippen LogP contribution in [0.2, 0.25) is 5.02 Å². The van der Waals surface area contributed by atoms with E-state index in [4.69, 9.17) is 16.3 Å². The molecule has 2 aliphatic rings. The van der Waals surface area contributed by atoms with Gasteiger partial charge in [0.1, 0.15) is 5.82 Å². The van der Waals surface area contributed by atoms with E-state index >= 15 is 0 Å². The molecule has 1 unspecified atom stereocenters. The summed E-state index contributed by atoms with van der Waals surface area (Å²) in [6, 6.07) is 6.88. The quantitative estimate of drug-likeness (QED) is 0.719. The number of halogens is 1. The Morgan fingerprint density at radius 1 is 1.36 bits per heavy atom. The predicted molar refractivity (Wildman–Crippen MR) is 101 cm³/mol. The number of carboxylic acid groups (broad SMARTS) is 1. The number of benzene rings is 1. The number of rotatable bonds is 4. The van der Waals surface area contributed by atoms with E-state index in [1.165, 1.54) is 0 Å². The highest BCUT2D eigenvalue weighted by Gasteiger charge is 2.36. The highest BCUT2D eigenvalue weighted by Crippen LogP contribution is 2.36. The third-order valence-corrected chi connectivity index (χ3v) is 5.41. The molecule has 1 saturated heterocycles. The molecule has 9 heteroatoms. The van der Waals surface area contributed by atoms with Crippen LogP contribution in [0.25, 0.3) is 0 Å². The van der Waals surface area contributed by atoms with Crippen molar-refractivity contribution < 1.29 is 24.5 Å². The second-order valence-electron chi connectivity index (χ2n) is 6.70. The second kappa shape index (κ2) is 7.38. The van der Waals surface area contributed by atoms with Crippen molar-refractivity contribution in [3.05, 3.63) is 51.7 Å². The summed E-state index contributed by atoms with van der Waals surface area (Å²) in [7, 11) is 0. The standard InChI is InChI=1S/C19H18ClN3O5/c20-13-2-3-14(17-12(13)7-23(18(17)25)19(26)27)21-16-4-1-11(15(8-24)22-16)10-5-6-28-9-10/h1-4,10,24H,5-9H2,(H,21,22)(H,26,27). The summed E-state index contributed by atoms with van der Waals surface area (Å²) in [5, 5.41) is 22.3. The maximum Gasteiger partial charge on any atom is 0.414 e. The topological polar surface area (TPSA) is 112 Å². The van der Waals surface area contributed by atoms with Crippen LogP contribution >= 0.6 is 11.6 Å². The van der Waals surface area contributed by atoms with Gasteiger partial charge >= 0.3 is 6.09 Å². The minimum absolute atomic E-state index is 0.0895. The molecule has 0 aliphatic carbocycles. The fraction of sp³-hybridized carbons (Fsp3) is 0.316. The van der Waals surface area contributed by atoms with Crippen molar-refractivity contribution in [2.45, 2.75) is 25.5 Å². The molecule has 0 bridgehead atoms. The van der Waals surface area contributed by atoms with Crippen LogP contribution in [0, 0.1) is 0 Å². The first-order valence-electron chi connectivity index (χ1n) is 8.81. The monoisotopic (exact) mass is 403 g/mol. The Hall–Kier alpha value is -2.68. The molecule has 3 N–H and O–H groups in total. The zero-order valence-corrected chi connectivity index (χ0v) is 15.6. The molecule has 1 atom stereocenters. The van der Waals surface area contributed by atoms with Gasteiger partial charge in [0.25, 0.3) is 5.91 Å². The summed E-state index contributed by atoms with van der Waals surface area (Å²) >= 11 is 6.16. The zero-order valence-electron chi connectivity index (χ0n) is 14.8. The minimum Gasteiger partial charge on any atom is -0.465 e. The number of carbonyl (C=O) groups excluding carboxylic acids is 1. The summed E-state index contributed by atoms with van der Waals surface area (Å²) in [5.41, 5.74) is 2.59. The molecule has 1 fully saturated rings. The van der Waals surface area contributed by atoms with E-state index in [2.05, 4.69) is 10.3 Å². The Balaban J connectivity index is 1.67. The average molecular weight is 404 g/mol. The number of hydrogen-bond acceptors (Lipinski definition) is 6. The number of ether oxygens (including phenoxy) is 1. The van der Waals surface area contributed by atoms with Crippen molar-refractivity contribution in [2.24, 2.45) is 0 Å². The number of aliphatic hydroxyl groups is 1. The number of pyridine rings is 1. The van der Waals surface area contributed by atoms with Crippen LogP contribution in [-0.2, 0) is 17.9 Å². The van der Waals surface area contributed by atoms with Crippen molar-refractivity contribution in [3.63, 3.8) is 0 Å². The fourth-order valence-corrected chi connectivity index (χ4v) is 3.86. The van der Waals surface area contributed by atoms with Crippen LogP contribution in [0.4, 0.5) is 16.3 Å². The van der Waals surface area contributed by atoms with Crippen LogP contribution in [0.3, 0.4) is 0 Å². The van der Waals surface area contributed by atoms with Gasteiger partial charge in [-0.3, -0.25) is 4.79 Å². The van der Waals surface area contributed by atoms with Crippen LogP contribution < -0.4 is 5.32 Å². The van der Waals surface area contributed by atoms with E-state index in [1.54, 1.807) is 18.2 Å². The van der Waals surface area contributed by atoms with Gasteiger partial charge in [-0.2, -0.15) is 0 Å². The van der Waals surface area contributed by atoms with Crippen molar-refractivity contribution in [3.8, 4) is 0 Å². The Kier molecular flexibility index (Phi) is 4.92. The molecule has 28 heavy (non-hydrogen) atoms. The molecule has 146 valence electrons. The van der Waals surface area contributed by atoms with Crippen molar-refractivity contribution in [2.75, 3.05) is 18.5 Å². The van der Waals surface area contributed by atoms with Gasteiger partial charge in [-0.25, -0.2) is 14.7 Å². The third-order valence-electron chi connectivity index (χ3n) is 5.05. The number of imide groups is 1. The van der Waals surface area contributed by atoms with E-state index < -0.39 is 12.0 Å². The first kappa shape index (κ1) is 18.7. The smallest absolute Gasteiger partial charge is 0.414 e. The molecule has 8 nitrogen and oxygen atoms in total. The van der Waals surface area contributed by atoms with Gasteiger partial charge in [0.05, 0.1) is 36.7 Å². The predicted octanol–water partition coefficient (Wildman–Crippen LogP) is 3.11. The molecule has 0 spiro atoms. The van der Waals surface area contributed by atoms with Gasteiger partial charge in [0, 0.05) is 23.1 Å². The molecule has 2 aliphatic heterocycles. The lowest BCUT2D eigenvalue weighted by molar-refractivity contribution is 0.0764. The largest absolute Gasteiger partial charge is 0.465 e. The Morgan fingerprint density at radius 2 is 2.18 bits per heavy atom. The van der Waals surface area contributed by atoms with E-state index in [-0.39, 0.29) is 24.6 Å². The lowest BCUT2D eigenvalue weighted by Gasteiger charge is -2.15. The van der Waals surface area contributed by atoms with Crippen molar-refractivity contribution in [1.82, 2.24) is 9.88 Å². The van der Waals surface area contributed by atoms with Crippen LogP contribution in [-0.4, -0.2) is 45.3 Å². The first-order chi connectivity index (χ1) is 13.5. The number of fused-ring (bicyclic) bond motifs is 1. The minimum atomic E-state index is -1.33. The average Bonchev–Trinajstić information content (AvgIpc) is 3.33. The molecule has 1 aromatic carbocycles. The first-order valence-corrected chi connectivity index (χ1v) is 9.19. The number of aliphatic hydroxyl groups excluding tert-OH is 1. The fourth-order valence-electron chi connectivity index (χ4n) is 3.64. The molecule has 4 rings (SSSR count). The molecule has 0 radical (unpaired) electrons.